The van der Waals surface area contributed by atoms with Gasteiger partial charge in [-0.2, -0.15) is 0 Å². The van der Waals surface area contributed by atoms with Crippen molar-refractivity contribution in [3.05, 3.63) is 71.8 Å². The molecule has 0 spiro atoms. The van der Waals surface area contributed by atoms with E-state index in [0.717, 1.165) is 5.56 Å². The zero-order valence-electron chi connectivity index (χ0n) is 13.6. The van der Waals surface area contributed by atoms with Gasteiger partial charge in [-0.15, -0.1) is 0 Å². The lowest BCUT2D eigenvalue weighted by Crippen LogP contribution is -2.43. The van der Waals surface area contributed by atoms with Crippen molar-refractivity contribution in [3.63, 3.8) is 0 Å². The number of nitrogens with zero attached hydrogens (tertiary/aromatic N) is 1. The van der Waals surface area contributed by atoms with Crippen LogP contribution in [0.3, 0.4) is 0 Å². The average Bonchev–Trinajstić information content (AvgIpc) is 2.65. The summed E-state index contributed by atoms with van der Waals surface area (Å²) in [4.78, 5) is 26.6. The molecule has 0 aliphatic heterocycles. The third kappa shape index (κ3) is 5.63. The van der Waals surface area contributed by atoms with Crippen LogP contribution >= 0.6 is 0 Å². The number of aldehydes is 1. The van der Waals surface area contributed by atoms with Crippen molar-refractivity contribution >= 4 is 18.2 Å². The summed E-state index contributed by atoms with van der Waals surface area (Å²) in [6.07, 6.45) is -0.399. The number of esters is 1. The Kier molecular flexibility index (Phi) is 7.00. The van der Waals surface area contributed by atoms with Crippen molar-refractivity contribution in [2.45, 2.75) is 18.6 Å². The fourth-order valence-electron chi connectivity index (χ4n) is 2.22. The largest absolute Gasteiger partial charge is 0.405 e. The maximum Gasteiger partial charge on any atom is 0.344 e. The van der Waals surface area contributed by atoms with Gasteiger partial charge in [-0.05, 0) is 24.1 Å². The number of carbonyl (C=O) groups is 2. The maximum absolute atomic E-state index is 12.2. The summed E-state index contributed by atoms with van der Waals surface area (Å²) in [6, 6.07) is 16.9. The minimum Gasteiger partial charge on any atom is -0.405 e. The normalized spacial score (nSPS) is 13.8. The molecule has 2 atom stereocenters. The Morgan fingerprint density at radius 2 is 1.72 bits per heavy atom. The van der Waals surface area contributed by atoms with Crippen molar-refractivity contribution in [2.24, 2.45) is 10.7 Å². The molecule has 0 saturated carbocycles. The Morgan fingerprint density at radius 3 is 2.32 bits per heavy atom. The number of carbonyl (C=O) groups excluding carboxylic acids is 2. The predicted octanol–water partition coefficient (Wildman–Crippen LogP) is 1.37. The molecule has 2 aromatic rings. The fraction of sp³-hybridized carbons (Fsp3) is 0.211. The number of aliphatic hydroxyl groups is 1. The lowest BCUT2D eigenvalue weighted by atomic mass is 10.0. The lowest BCUT2D eigenvalue weighted by molar-refractivity contribution is -0.106. The second kappa shape index (κ2) is 9.46. The van der Waals surface area contributed by atoms with Gasteiger partial charge in [-0.25, -0.2) is 9.79 Å². The summed E-state index contributed by atoms with van der Waals surface area (Å²) in [7, 11) is 0. The van der Waals surface area contributed by atoms with Crippen LogP contribution in [0.4, 0.5) is 0 Å². The number of aliphatic hydroxyl groups excluding tert-OH is 1. The number of hydrogen-bond donors (Lipinski definition) is 2. The number of benzene rings is 2. The number of ether oxygens (including phenoxy) is 1. The highest BCUT2D eigenvalue weighted by Crippen LogP contribution is 2.09. The molecule has 1 unspecified atom stereocenters. The highest BCUT2D eigenvalue weighted by atomic mass is 16.6. The average molecular weight is 340 g/mol. The van der Waals surface area contributed by atoms with Crippen LogP contribution < -0.4 is 5.73 Å². The first-order valence-corrected chi connectivity index (χ1v) is 7.84. The van der Waals surface area contributed by atoms with Gasteiger partial charge < -0.3 is 20.4 Å². The summed E-state index contributed by atoms with van der Waals surface area (Å²) in [6.45, 7) is -0.230. The van der Waals surface area contributed by atoms with E-state index in [4.69, 9.17) is 10.5 Å². The summed E-state index contributed by atoms with van der Waals surface area (Å²) >= 11 is 0. The Morgan fingerprint density at radius 1 is 1.12 bits per heavy atom. The molecule has 3 N–H and O–H groups in total. The van der Waals surface area contributed by atoms with Gasteiger partial charge in [0.15, 0.2) is 0 Å². The van der Waals surface area contributed by atoms with Gasteiger partial charge in [0.1, 0.15) is 12.4 Å². The zero-order chi connectivity index (χ0) is 18.1. The molecule has 0 aromatic heterocycles. The second-order valence-corrected chi connectivity index (χ2v) is 5.40. The number of rotatable bonds is 7. The molecule has 130 valence electrons. The van der Waals surface area contributed by atoms with E-state index in [0.29, 0.717) is 18.3 Å². The maximum atomic E-state index is 12.2. The predicted molar refractivity (Wildman–Crippen MR) is 94.4 cm³/mol. The number of hydrogen-bond acceptors (Lipinski definition) is 6. The summed E-state index contributed by atoms with van der Waals surface area (Å²) in [5.41, 5.74) is 7.26. The van der Waals surface area contributed by atoms with E-state index < -0.39 is 18.1 Å². The zero-order valence-corrected chi connectivity index (χ0v) is 13.6. The van der Waals surface area contributed by atoms with Crippen LogP contribution in [0.1, 0.15) is 15.9 Å². The van der Waals surface area contributed by atoms with E-state index in [9.17, 15) is 14.7 Å². The fourth-order valence-corrected chi connectivity index (χ4v) is 2.22. The third-order valence-corrected chi connectivity index (χ3v) is 3.50. The molecular formula is C19H20N2O4. The molecule has 6 heteroatoms. The molecule has 2 aromatic carbocycles. The van der Waals surface area contributed by atoms with Crippen LogP contribution in [-0.2, 0) is 16.0 Å². The van der Waals surface area contributed by atoms with Crippen molar-refractivity contribution in [1.29, 1.82) is 0 Å². The van der Waals surface area contributed by atoms with Gasteiger partial charge in [0, 0.05) is 6.04 Å². The lowest BCUT2D eigenvalue weighted by Gasteiger charge is -2.20. The van der Waals surface area contributed by atoms with Crippen LogP contribution in [0.2, 0.25) is 0 Å². The molecule has 25 heavy (non-hydrogen) atoms. The van der Waals surface area contributed by atoms with Crippen molar-refractivity contribution < 1.29 is 19.4 Å². The Bertz CT molecular complexity index is 717. The second-order valence-electron chi connectivity index (χ2n) is 5.40. The van der Waals surface area contributed by atoms with E-state index in [-0.39, 0.29) is 12.4 Å². The Hall–Kier alpha value is -2.83. The van der Waals surface area contributed by atoms with E-state index >= 15 is 0 Å². The van der Waals surface area contributed by atoms with Gasteiger partial charge in [0.25, 0.3) is 0 Å². The molecule has 0 radical (unpaired) electrons. The van der Waals surface area contributed by atoms with E-state index in [1.165, 1.54) is 0 Å². The van der Waals surface area contributed by atoms with E-state index in [1.54, 1.807) is 30.3 Å². The first-order valence-electron chi connectivity index (χ1n) is 7.84. The van der Waals surface area contributed by atoms with Gasteiger partial charge in [-0.3, -0.25) is 0 Å². The quantitative estimate of drug-likeness (QED) is 0.343. The van der Waals surface area contributed by atoms with Gasteiger partial charge >= 0.3 is 5.97 Å². The van der Waals surface area contributed by atoms with Crippen LogP contribution in [0.15, 0.2) is 65.7 Å². The molecule has 0 saturated heterocycles. The van der Waals surface area contributed by atoms with E-state index in [2.05, 4.69) is 4.99 Å². The first kappa shape index (κ1) is 18.5. The number of nitrogens with two attached hydrogens (primary N) is 1. The molecule has 0 bridgehead atoms. The molecule has 0 aliphatic carbocycles. The Labute approximate surface area is 146 Å². The van der Waals surface area contributed by atoms with Crippen molar-refractivity contribution in [2.75, 3.05) is 6.54 Å². The summed E-state index contributed by atoms with van der Waals surface area (Å²) in [5, 5.41) is 10.4. The first-order chi connectivity index (χ1) is 12.1. The smallest absolute Gasteiger partial charge is 0.344 e. The van der Waals surface area contributed by atoms with Crippen molar-refractivity contribution in [1.82, 2.24) is 0 Å². The molecule has 0 aliphatic rings. The standard InChI is InChI=1S/C19H20N2O4/c20-16(13-14-7-3-1-4-8-14)17(23)18(21-11-12-22)25-19(24)15-9-5-2-6-10-15/h1-10,12,16-17,23H,11,13,20H2/t16-,17?/m0/s1. The summed E-state index contributed by atoms with van der Waals surface area (Å²) < 4.78 is 5.18. The molecule has 2 rings (SSSR count). The third-order valence-electron chi connectivity index (χ3n) is 3.50. The van der Waals surface area contributed by atoms with Crippen molar-refractivity contribution in [3.8, 4) is 0 Å². The Balaban J connectivity index is 2.10. The monoisotopic (exact) mass is 340 g/mol. The molecule has 6 nitrogen and oxygen atoms in total. The molecular weight excluding hydrogens is 320 g/mol. The topological polar surface area (TPSA) is 102 Å². The molecule has 0 heterocycles. The van der Waals surface area contributed by atoms with Gasteiger partial charge in [0.2, 0.25) is 5.90 Å². The van der Waals surface area contributed by atoms with Gasteiger partial charge in [-0.1, -0.05) is 48.5 Å². The molecule has 0 fully saturated rings. The minimum atomic E-state index is -1.31. The van der Waals surface area contributed by atoms with Gasteiger partial charge in [0.05, 0.1) is 12.1 Å². The minimum absolute atomic E-state index is 0.230. The van der Waals surface area contributed by atoms with Crippen LogP contribution in [0.5, 0.6) is 0 Å². The van der Waals surface area contributed by atoms with E-state index in [1.807, 2.05) is 30.3 Å². The highest BCUT2D eigenvalue weighted by molar-refractivity contribution is 6.00. The highest BCUT2D eigenvalue weighted by Gasteiger charge is 2.25. The van der Waals surface area contributed by atoms with Crippen LogP contribution in [0.25, 0.3) is 0 Å². The van der Waals surface area contributed by atoms with Crippen LogP contribution in [0, 0.1) is 0 Å². The van der Waals surface area contributed by atoms with Crippen LogP contribution in [-0.4, -0.2) is 42.0 Å². The number of aliphatic imine (C=N–C) groups is 1. The SMILES string of the molecule is N[C@@H](Cc1ccccc1)C(O)C(=NCC=O)OC(=O)c1ccccc1. The summed E-state index contributed by atoms with van der Waals surface area (Å²) in [5.74, 6) is -0.930. The molecule has 0 amide bonds.